The van der Waals surface area contributed by atoms with Crippen molar-refractivity contribution >= 4 is 5.91 Å². The minimum Gasteiger partial charge on any atom is -0.350 e. The first-order chi connectivity index (χ1) is 8.67. The van der Waals surface area contributed by atoms with Gasteiger partial charge in [-0.15, -0.1) is 0 Å². The number of carbonyl (C=O) groups is 1. The molecule has 1 heterocycles. The van der Waals surface area contributed by atoms with Gasteiger partial charge in [-0.2, -0.15) is 0 Å². The lowest BCUT2D eigenvalue weighted by atomic mass is 10.1. The number of hydrogen-bond donors (Lipinski definition) is 2. The number of rotatable bonds is 4. The van der Waals surface area contributed by atoms with E-state index in [1.807, 2.05) is 6.92 Å². The predicted molar refractivity (Wildman–Crippen MR) is 72.0 cm³/mol. The van der Waals surface area contributed by atoms with Crippen LogP contribution < -0.4 is 11.1 Å². The number of nitrogens with two attached hydrogens (primary N) is 1. The van der Waals surface area contributed by atoms with Gasteiger partial charge in [0.15, 0.2) is 0 Å². The van der Waals surface area contributed by atoms with Crippen LogP contribution in [0.1, 0.15) is 42.6 Å². The maximum Gasteiger partial charge on any atom is 0.253 e. The number of nitrogens with one attached hydrogen (secondary N) is 1. The molecule has 1 atom stereocenters. The summed E-state index contributed by atoms with van der Waals surface area (Å²) >= 11 is 0. The number of pyridine rings is 1. The van der Waals surface area contributed by atoms with Crippen molar-refractivity contribution in [2.24, 2.45) is 5.73 Å². The zero-order valence-corrected chi connectivity index (χ0v) is 10.9. The molecule has 0 aliphatic carbocycles. The molecule has 0 aliphatic rings. The molecule has 0 saturated heterocycles. The Morgan fingerprint density at radius 3 is 3.00 bits per heavy atom. The van der Waals surface area contributed by atoms with Crippen molar-refractivity contribution in [1.29, 1.82) is 0 Å². The van der Waals surface area contributed by atoms with Crippen molar-refractivity contribution in [2.45, 2.75) is 32.7 Å². The molecular weight excluding hydrogens is 226 g/mol. The van der Waals surface area contributed by atoms with E-state index in [0.29, 0.717) is 17.7 Å². The molecule has 0 saturated carbocycles. The molecule has 4 nitrogen and oxygen atoms in total. The van der Waals surface area contributed by atoms with Crippen LogP contribution in [-0.2, 0) is 0 Å². The van der Waals surface area contributed by atoms with Gasteiger partial charge in [0.2, 0.25) is 0 Å². The standard InChI is InChI=1S/C14H19N3O/c1-3-5-11(2)17-14(18)13-8-12(6-4-7-15)9-16-10-13/h8-11H,3,5,7,15H2,1-2H3,(H,17,18). The number of amides is 1. The van der Waals surface area contributed by atoms with Crippen LogP contribution in [0.5, 0.6) is 0 Å². The van der Waals surface area contributed by atoms with Gasteiger partial charge in [-0.05, 0) is 19.4 Å². The minimum atomic E-state index is -0.111. The van der Waals surface area contributed by atoms with E-state index in [1.165, 1.54) is 0 Å². The van der Waals surface area contributed by atoms with Crippen molar-refractivity contribution in [3.63, 3.8) is 0 Å². The van der Waals surface area contributed by atoms with Crippen LogP contribution in [0, 0.1) is 11.8 Å². The van der Waals surface area contributed by atoms with Crippen LogP contribution in [0.15, 0.2) is 18.5 Å². The molecule has 18 heavy (non-hydrogen) atoms. The molecule has 0 aromatic carbocycles. The van der Waals surface area contributed by atoms with E-state index in [-0.39, 0.29) is 11.9 Å². The molecule has 1 amide bonds. The SMILES string of the molecule is CCCC(C)NC(=O)c1cncc(C#CCN)c1. The van der Waals surface area contributed by atoms with Gasteiger partial charge in [0, 0.05) is 24.0 Å². The Hall–Kier alpha value is -1.86. The lowest BCUT2D eigenvalue weighted by Crippen LogP contribution is -2.32. The summed E-state index contributed by atoms with van der Waals surface area (Å²) in [6.45, 7) is 4.38. The zero-order valence-electron chi connectivity index (χ0n) is 10.9. The van der Waals surface area contributed by atoms with Gasteiger partial charge in [0.25, 0.3) is 5.91 Å². The van der Waals surface area contributed by atoms with Gasteiger partial charge < -0.3 is 11.1 Å². The number of hydrogen-bond acceptors (Lipinski definition) is 3. The van der Waals surface area contributed by atoms with Crippen LogP contribution in [0.4, 0.5) is 0 Å². The highest BCUT2D eigenvalue weighted by molar-refractivity contribution is 5.94. The zero-order chi connectivity index (χ0) is 13.4. The maximum absolute atomic E-state index is 11.9. The number of nitrogens with zero attached hydrogens (tertiary/aromatic N) is 1. The number of carbonyl (C=O) groups excluding carboxylic acids is 1. The van der Waals surface area contributed by atoms with E-state index in [2.05, 4.69) is 29.1 Å². The molecule has 96 valence electrons. The van der Waals surface area contributed by atoms with Crippen molar-refractivity contribution < 1.29 is 4.79 Å². The van der Waals surface area contributed by atoms with Crippen molar-refractivity contribution in [1.82, 2.24) is 10.3 Å². The summed E-state index contributed by atoms with van der Waals surface area (Å²) in [5, 5.41) is 2.93. The predicted octanol–water partition coefficient (Wildman–Crippen LogP) is 1.31. The Labute approximate surface area is 108 Å². The Bertz CT molecular complexity index is 460. The average Bonchev–Trinajstić information content (AvgIpc) is 2.37. The molecule has 1 unspecified atom stereocenters. The quantitative estimate of drug-likeness (QED) is 0.786. The van der Waals surface area contributed by atoms with Gasteiger partial charge in [0.1, 0.15) is 0 Å². The second kappa shape index (κ2) is 7.46. The molecule has 3 N–H and O–H groups in total. The Morgan fingerprint density at radius 1 is 1.56 bits per heavy atom. The summed E-state index contributed by atoms with van der Waals surface area (Å²) in [6, 6.07) is 1.89. The molecule has 4 heteroatoms. The Morgan fingerprint density at radius 2 is 2.33 bits per heavy atom. The molecule has 0 radical (unpaired) electrons. The molecule has 0 spiro atoms. The van der Waals surface area contributed by atoms with Crippen LogP contribution in [0.3, 0.4) is 0 Å². The van der Waals surface area contributed by atoms with Crippen molar-refractivity contribution in [2.75, 3.05) is 6.54 Å². The van der Waals surface area contributed by atoms with Gasteiger partial charge in [-0.3, -0.25) is 9.78 Å². The lowest BCUT2D eigenvalue weighted by molar-refractivity contribution is 0.0938. The summed E-state index contributed by atoms with van der Waals surface area (Å²) in [4.78, 5) is 15.9. The molecule has 1 aromatic heterocycles. The molecule has 1 rings (SSSR count). The van der Waals surface area contributed by atoms with Gasteiger partial charge in [-0.25, -0.2) is 0 Å². The molecule has 0 aliphatic heterocycles. The minimum absolute atomic E-state index is 0.111. The van der Waals surface area contributed by atoms with Crippen molar-refractivity contribution in [3.05, 3.63) is 29.6 Å². The third-order valence-corrected chi connectivity index (χ3v) is 2.43. The van der Waals surface area contributed by atoms with Crippen LogP contribution in [0.2, 0.25) is 0 Å². The first-order valence-corrected chi connectivity index (χ1v) is 6.12. The van der Waals surface area contributed by atoms with E-state index in [4.69, 9.17) is 5.73 Å². The lowest BCUT2D eigenvalue weighted by Gasteiger charge is -2.12. The van der Waals surface area contributed by atoms with Crippen LogP contribution in [-0.4, -0.2) is 23.5 Å². The summed E-state index contributed by atoms with van der Waals surface area (Å²) < 4.78 is 0. The summed E-state index contributed by atoms with van der Waals surface area (Å²) in [5.41, 5.74) is 6.53. The molecule has 0 fully saturated rings. The second-order valence-electron chi connectivity index (χ2n) is 4.13. The third-order valence-electron chi connectivity index (χ3n) is 2.43. The fourth-order valence-electron chi connectivity index (χ4n) is 1.60. The van der Waals surface area contributed by atoms with E-state index in [9.17, 15) is 4.79 Å². The van der Waals surface area contributed by atoms with E-state index in [1.54, 1.807) is 18.5 Å². The summed E-state index contributed by atoms with van der Waals surface area (Å²) in [6.07, 6.45) is 5.17. The van der Waals surface area contributed by atoms with E-state index < -0.39 is 0 Å². The smallest absolute Gasteiger partial charge is 0.253 e. The fraction of sp³-hybridized carbons (Fsp3) is 0.429. The van der Waals surface area contributed by atoms with Gasteiger partial charge in [0.05, 0.1) is 12.1 Å². The first-order valence-electron chi connectivity index (χ1n) is 6.12. The van der Waals surface area contributed by atoms with Gasteiger partial charge in [-0.1, -0.05) is 25.2 Å². The molecule has 0 bridgehead atoms. The highest BCUT2D eigenvalue weighted by Crippen LogP contribution is 2.03. The third kappa shape index (κ3) is 4.56. The van der Waals surface area contributed by atoms with Crippen LogP contribution in [0.25, 0.3) is 0 Å². The molecular formula is C14H19N3O. The number of aromatic nitrogens is 1. The Balaban J connectivity index is 2.74. The second-order valence-corrected chi connectivity index (χ2v) is 4.13. The maximum atomic E-state index is 11.9. The summed E-state index contributed by atoms with van der Waals surface area (Å²) in [5.74, 6) is 5.49. The summed E-state index contributed by atoms with van der Waals surface area (Å²) in [7, 11) is 0. The van der Waals surface area contributed by atoms with Crippen LogP contribution >= 0.6 is 0 Å². The first kappa shape index (κ1) is 14.2. The van der Waals surface area contributed by atoms with E-state index in [0.717, 1.165) is 12.8 Å². The topological polar surface area (TPSA) is 68.0 Å². The highest BCUT2D eigenvalue weighted by Gasteiger charge is 2.09. The highest BCUT2D eigenvalue weighted by atomic mass is 16.1. The fourth-order valence-corrected chi connectivity index (χ4v) is 1.60. The largest absolute Gasteiger partial charge is 0.350 e. The monoisotopic (exact) mass is 245 g/mol. The van der Waals surface area contributed by atoms with E-state index >= 15 is 0 Å². The molecule has 1 aromatic rings. The van der Waals surface area contributed by atoms with Gasteiger partial charge >= 0.3 is 0 Å². The normalized spacial score (nSPS) is 11.3. The van der Waals surface area contributed by atoms with Crippen molar-refractivity contribution in [3.8, 4) is 11.8 Å². The average molecular weight is 245 g/mol. The Kier molecular flexibility index (Phi) is 5.89.